The highest BCUT2D eigenvalue weighted by Gasteiger charge is 2.23. The lowest BCUT2D eigenvalue weighted by Crippen LogP contribution is -2.16. The summed E-state index contributed by atoms with van der Waals surface area (Å²) in [7, 11) is -4.34. The van der Waals surface area contributed by atoms with Gasteiger partial charge in [-0.2, -0.15) is 0 Å². The first-order valence-corrected chi connectivity index (χ1v) is 8.08. The van der Waals surface area contributed by atoms with E-state index in [2.05, 4.69) is 20.7 Å². The number of halogens is 4. The van der Waals surface area contributed by atoms with E-state index in [9.17, 15) is 17.2 Å². The maximum absolute atomic E-state index is 13.7. The van der Waals surface area contributed by atoms with Gasteiger partial charge in [0.25, 0.3) is 10.0 Å². The number of nitrogens with one attached hydrogen (secondary N) is 1. The number of nitrogen functional groups attached to an aromatic ring is 1. The minimum Gasteiger partial charge on any atom is -0.399 e. The molecule has 2 aromatic rings. The van der Waals surface area contributed by atoms with Crippen molar-refractivity contribution in [2.75, 3.05) is 10.5 Å². The van der Waals surface area contributed by atoms with Gasteiger partial charge >= 0.3 is 0 Å². The molecule has 0 amide bonds. The van der Waals surface area contributed by atoms with Crippen molar-refractivity contribution in [3.63, 3.8) is 0 Å². The van der Waals surface area contributed by atoms with Gasteiger partial charge in [-0.15, -0.1) is 0 Å². The summed E-state index contributed by atoms with van der Waals surface area (Å²) < 4.78 is 53.7. The predicted molar refractivity (Wildman–Crippen MR) is 80.7 cm³/mol. The highest BCUT2D eigenvalue weighted by molar-refractivity contribution is 9.10. The zero-order valence-electron chi connectivity index (χ0n) is 10.2. The normalized spacial score (nSPS) is 11.4. The average Bonchev–Trinajstić information content (AvgIpc) is 2.37. The second kappa shape index (κ2) is 5.78. The molecule has 0 aliphatic heterocycles. The fourth-order valence-corrected chi connectivity index (χ4v) is 3.67. The van der Waals surface area contributed by atoms with Crippen molar-refractivity contribution in [2.45, 2.75) is 4.90 Å². The van der Waals surface area contributed by atoms with Crippen LogP contribution in [0.2, 0.25) is 5.02 Å². The molecule has 0 aromatic heterocycles. The molecule has 0 saturated carbocycles. The van der Waals surface area contributed by atoms with Crippen LogP contribution in [0.15, 0.2) is 39.7 Å². The maximum Gasteiger partial charge on any atom is 0.265 e. The van der Waals surface area contributed by atoms with E-state index >= 15 is 0 Å². The minimum atomic E-state index is -4.34. The van der Waals surface area contributed by atoms with Gasteiger partial charge in [0.15, 0.2) is 11.6 Å². The van der Waals surface area contributed by atoms with Crippen LogP contribution in [0.25, 0.3) is 0 Å². The number of rotatable bonds is 3. The second-order valence-electron chi connectivity index (χ2n) is 4.04. The van der Waals surface area contributed by atoms with Gasteiger partial charge in [-0.25, -0.2) is 17.2 Å². The predicted octanol–water partition coefficient (Wildman–Crippen LogP) is 3.76. The molecule has 9 heteroatoms. The first-order chi connectivity index (χ1) is 9.70. The highest BCUT2D eigenvalue weighted by atomic mass is 79.9. The van der Waals surface area contributed by atoms with Crippen LogP contribution >= 0.6 is 27.5 Å². The molecule has 0 atom stereocenters. The van der Waals surface area contributed by atoms with E-state index in [0.29, 0.717) is 15.6 Å². The number of hydrogen-bond acceptors (Lipinski definition) is 3. The molecule has 0 radical (unpaired) electrons. The van der Waals surface area contributed by atoms with E-state index in [1.165, 1.54) is 18.2 Å². The summed E-state index contributed by atoms with van der Waals surface area (Å²) in [4.78, 5) is -0.873. The lowest BCUT2D eigenvalue weighted by Gasteiger charge is -2.11. The van der Waals surface area contributed by atoms with E-state index in [1.54, 1.807) is 0 Å². The van der Waals surface area contributed by atoms with Crippen LogP contribution in [-0.2, 0) is 10.0 Å². The van der Waals surface area contributed by atoms with Crippen LogP contribution in [0.5, 0.6) is 0 Å². The van der Waals surface area contributed by atoms with Crippen molar-refractivity contribution in [1.82, 2.24) is 0 Å². The lowest BCUT2D eigenvalue weighted by atomic mass is 10.3. The number of anilines is 2. The third kappa shape index (κ3) is 3.45. The first-order valence-electron chi connectivity index (χ1n) is 5.43. The Labute approximate surface area is 133 Å². The second-order valence-corrected chi connectivity index (χ2v) is 6.99. The first kappa shape index (κ1) is 16.0. The van der Waals surface area contributed by atoms with Gasteiger partial charge in [-0.05, 0) is 46.3 Å². The molecule has 0 aliphatic carbocycles. The summed E-state index contributed by atoms with van der Waals surface area (Å²) in [5.41, 5.74) is 5.26. The average molecular weight is 398 g/mol. The van der Waals surface area contributed by atoms with Crippen molar-refractivity contribution in [1.29, 1.82) is 0 Å². The number of hydrogen-bond donors (Lipinski definition) is 2. The Kier molecular flexibility index (Phi) is 4.40. The van der Waals surface area contributed by atoms with Crippen LogP contribution in [0, 0.1) is 11.6 Å². The van der Waals surface area contributed by atoms with Crippen LogP contribution in [0.3, 0.4) is 0 Å². The Hall–Kier alpha value is -1.38. The third-order valence-electron chi connectivity index (χ3n) is 2.48. The van der Waals surface area contributed by atoms with Gasteiger partial charge in [0.05, 0.1) is 5.69 Å². The number of nitrogens with two attached hydrogens (primary N) is 1. The van der Waals surface area contributed by atoms with Crippen molar-refractivity contribution in [3.8, 4) is 0 Å². The molecule has 0 saturated heterocycles. The van der Waals surface area contributed by atoms with E-state index in [1.807, 2.05) is 0 Å². The molecule has 0 unspecified atom stereocenters. The quantitative estimate of drug-likeness (QED) is 0.775. The summed E-state index contributed by atoms with van der Waals surface area (Å²) in [6.07, 6.45) is 0. The van der Waals surface area contributed by atoms with E-state index < -0.39 is 26.6 Å². The summed E-state index contributed by atoms with van der Waals surface area (Å²) in [5.74, 6) is -2.84. The number of benzene rings is 2. The van der Waals surface area contributed by atoms with Crippen molar-refractivity contribution >= 4 is 48.9 Å². The Morgan fingerprint density at radius 1 is 1.19 bits per heavy atom. The zero-order valence-corrected chi connectivity index (χ0v) is 13.4. The molecule has 3 N–H and O–H groups in total. The summed E-state index contributed by atoms with van der Waals surface area (Å²) >= 11 is 8.85. The summed E-state index contributed by atoms with van der Waals surface area (Å²) in [6.45, 7) is 0. The van der Waals surface area contributed by atoms with E-state index in [-0.39, 0.29) is 11.4 Å². The highest BCUT2D eigenvalue weighted by Crippen LogP contribution is 2.29. The largest absolute Gasteiger partial charge is 0.399 e. The molecule has 0 bridgehead atoms. The molecule has 2 aromatic carbocycles. The molecule has 0 spiro atoms. The Morgan fingerprint density at radius 3 is 2.48 bits per heavy atom. The Bertz CT molecular complexity index is 815. The van der Waals surface area contributed by atoms with Gasteiger partial charge in [0.1, 0.15) is 4.90 Å². The van der Waals surface area contributed by atoms with Crippen molar-refractivity contribution in [3.05, 3.63) is 51.5 Å². The van der Waals surface area contributed by atoms with Crippen molar-refractivity contribution in [2.24, 2.45) is 0 Å². The van der Waals surface area contributed by atoms with Crippen LogP contribution < -0.4 is 10.5 Å². The monoisotopic (exact) mass is 396 g/mol. The molecular formula is C12H8BrClF2N2O2S. The molecule has 0 heterocycles. The Balaban J connectivity index is 2.48. The molecule has 0 fully saturated rings. The molecule has 4 nitrogen and oxygen atoms in total. The SMILES string of the molecule is Nc1cc(F)c(F)c(S(=O)(=O)Nc2ccc(Cl)cc2Br)c1. The van der Waals surface area contributed by atoms with Gasteiger partial charge in [-0.1, -0.05) is 11.6 Å². The summed E-state index contributed by atoms with van der Waals surface area (Å²) in [6, 6.07) is 5.82. The zero-order chi connectivity index (χ0) is 15.8. The fraction of sp³-hybridized carbons (Fsp3) is 0. The van der Waals surface area contributed by atoms with Crippen LogP contribution in [-0.4, -0.2) is 8.42 Å². The van der Waals surface area contributed by atoms with Crippen LogP contribution in [0.1, 0.15) is 0 Å². The molecule has 21 heavy (non-hydrogen) atoms. The van der Waals surface area contributed by atoms with Gasteiger partial charge < -0.3 is 5.73 Å². The molecule has 0 aliphatic rings. The third-order valence-corrected chi connectivity index (χ3v) is 4.74. The standard InChI is InChI=1S/C12H8BrClF2N2O2S/c13-8-3-6(14)1-2-10(8)18-21(19,20)11-5-7(17)4-9(15)12(11)16/h1-5,18H,17H2. The van der Waals surface area contributed by atoms with Gasteiger partial charge in [-0.3, -0.25) is 4.72 Å². The van der Waals surface area contributed by atoms with Gasteiger partial charge in [0.2, 0.25) is 0 Å². The summed E-state index contributed by atoms with van der Waals surface area (Å²) in [5, 5.41) is 0.381. The molecule has 112 valence electrons. The topological polar surface area (TPSA) is 72.2 Å². The molecule has 2 rings (SSSR count). The minimum absolute atomic E-state index is 0.127. The smallest absolute Gasteiger partial charge is 0.265 e. The fourth-order valence-electron chi connectivity index (χ4n) is 1.55. The Morgan fingerprint density at radius 2 is 1.86 bits per heavy atom. The maximum atomic E-state index is 13.7. The number of sulfonamides is 1. The van der Waals surface area contributed by atoms with Crippen molar-refractivity contribution < 1.29 is 17.2 Å². The van der Waals surface area contributed by atoms with Gasteiger partial charge in [0, 0.05) is 15.2 Å². The van der Waals surface area contributed by atoms with Crippen LogP contribution in [0.4, 0.5) is 20.2 Å². The molecular weight excluding hydrogens is 390 g/mol. The van der Waals surface area contributed by atoms with E-state index in [4.69, 9.17) is 17.3 Å². The van der Waals surface area contributed by atoms with E-state index in [0.717, 1.165) is 6.07 Å². The lowest BCUT2D eigenvalue weighted by molar-refractivity contribution is 0.486.